The number of carbonyl (C=O) groups excluding carboxylic acids is 1. The first-order valence-corrected chi connectivity index (χ1v) is 10.6. The standard InChI is InChI=1S/C22H30N6OS/c1-17-13-21(28(24-17)18-5-3-2-4-6-18)26-9-7-25(8-10-26)19-14-20(23-15-19)22(29)27-11-12-30-16-27/h2-6,13,19-20,23H,7-12,14-16H2,1H3/t19-,20-/m0/s1/i7D2,8D2,9D2,10D2,11D2,16D2. The number of aryl methyl sites for hydroxylation is 1. The van der Waals surface area contributed by atoms with E-state index >= 15 is 0 Å². The van der Waals surface area contributed by atoms with E-state index in [1.807, 2.05) is 0 Å². The first-order valence-electron chi connectivity index (χ1n) is 15.6. The molecule has 160 valence electrons. The first-order chi connectivity index (χ1) is 19.2. The summed E-state index contributed by atoms with van der Waals surface area (Å²) in [6, 6.07) is 7.29. The number of piperazine rings is 1. The Morgan fingerprint density at radius 3 is 2.73 bits per heavy atom. The molecule has 1 aromatic carbocycles. The lowest BCUT2D eigenvalue weighted by molar-refractivity contribution is -0.131. The SMILES string of the molecule is [2H]C1([2H])CSC([2H])([2H])N1C(=O)[C@@H]1C[C@H](N2C([2H])([2H])C([2H])([2H])N(c3cc(C)nn3-c3ccccc3)C([2H])([2H])C2([2H])[2H])CN1. The topological polar surface area (TPSA) is 56.6 Å². The molecule has 7 nitrogen and oxygen atoms in total. The van der Waals surface area contributed by atoms with Crippen LogP contribution >= 0.6 is 11.8 Å². The molecule has 0 bridgehead atoms. The molecule has 0 aliphatic carbocycles. The fourth-order valence-corrected chi connectivity index (χ4v) is 4.11. The van der Waals surface area contributed by atoms with E-state index in [9.17, 15) is 4.79 Å². The van der Waals surface area contributed by atoms with Crippen molar-refractivity contribution in [1.82, 2.24) is 24.9 Å². The quantitative estimate of drug-likeness (QED) is 0.782. The van der Waals surface area contributed by atoms with Gasteiger partial charge in [-0.05, 0) is 25.5 Å². The molecule has 3 fully saturated rings. The maximum absolute atomic E-state index is 13.3. The Balaban J connectivity index is 1.52. The highest BCUT2D eigenvalue weighted by atomic mass is 32.2. The average Bonchev–Trinajstić information content (AvgIpc) is 3.54. The predicted octanol–water partition coefficient (Wildman–Crippen LogP) is 1.57. The van der Waals surface area contributed by atoms with Crippen LogP contribution in [0.5, 0.6) is 0 Å². The van der Waals surface area contributed by atoms with Crippen molar-refractivity contribution in [3.63, 3.8) is 0 Å². The Labute approximate surface area is 199 Å². The fraction of sp³-hybridized carbons (Fsp3) is 0.545. The summed E-state index contributed by atoms with van der Waals surface area (Å²) in [4.78, 5) is 14.7. The van der Waals surface area contributed by atoms with Gasteiger partial charge in [0.2, 0.25) is 5.91 Å². The Hall–Kier alpha value is -2.03. The summed E-state index contributed by atoms with van der Waals surface area (Å²) in [6.07, 6.45) is -0.335. The van der Waals surface area contributed by atoms with Gasteiger partial charge in [-0.3, -0.25) is 9.69 Å². The largest absolute Gasteiger partial charge is 0.354 e. The second-order valence-corrected chi connectivity index (χ2v) is 7.87. The van der Waals surface area contributed by atoms with Gasteiger partial charge in [-0.1, -0.05) is 18.2 Å². The number of carbonyl (C=O) groups is 1. The number of nitrogens with one attached hydrogen (secondary N) is 1. The summed E-state index contributed by atoms with van der Waals surface area (Å²) < 4.78 is 105. The zero-order chi connectivity index (χ0) is 31.3. The van der Waals surface area contributed by atoms with Gasteiger partial charge in [0.05, 0.1) is 34.2 Å². The summed E-state index contributed by atoms with van der Waals surface area (Å²) in [6.45, 7) is -13.6. The molecule has 4 heterocycles. The van der Waals surface area contributed by atoms with Gasteiger partial charge in [0, 0.05) is 62.4 Å². The molecule has 30 heavy (non-hydrogen) atoms. The summed E-state index contributed by atoms with van der Waals surface area (Å²) in [5, 5.41) is 7.12. The maximum atomic E-state index is 13.3. The number of rotatable bonds is 4. The molecule has 3 aliphatic rings. The molecular formula is C22H30N6OS. The Kier molecular flexibility index (Phi) is 3.02. The lowest BCUT2D eigenvalue weighted by Crippen LogP contribution is -2.51. The molecule has 0 saturated carbocycles. The first kappa shape index (κ1) is 10.5. The minimum Gasteiger partial charge on any atom is -0.354 e. The number of hydrogen-bond acceptors (Lipinski definition) is 6. The van der Waals surface area contributed by atoms with Crippen molar-refractivity contribution in [2.45, 2.75) is 25.4 Å². The van der Waals surface area contributed by atoms with Crippen LogP contribution in [0.1, 0.15) is 28.6 Å². The molecule has 0 spiro atoms. The monoisotopic (exact) mass is 438 g/mol. The minimum absolute atomic E-state index is 0.199. The van der Waals surface area contributed by atoms with E-state index < -0.39 is 56.3 Å². The fourth-order valence-electron chi connectivity index (χ4n) is 3.57. The molecule has 1 N–H and O–H groups in total. The van der Waals surface area contributed by atoms with Crippen LogP contribution < -0.4 is 10.2 Å². The van der Waals surface area contributed by atoms with Crippen molar-refractivity contribution in [2.24, 2.45) is 0 Å². The van der Waals surface area contributed by atoms with Gasteiger partial charge in [-0.2, -0.15) is 5.10 Å². The normalized spacial score (nSPS) is 41.2. The van der Waals surface area contributed by atoms with Gasteiger partial charge in [0.1, 0.15) is 5.82 Å². The van der Waals surface area contributed by atoms with Crippen LogP contribution in [-0.4, -0.2) is 88.2 Å². The van der Waals surface area contributed by atoms with Crippen molar-refractivity contribution in [3.05, 3.63) is 42.1 Å². The zero-order valence-electron chi connectivity index (χ0n) is 28.3. The highest BCUT2D eigenvalue weighted by Crippen LogP contribution is 2.25. The van der Waals surface area contributed by atoms with E-state index in [0.717, 1.165) is 0 Å². The molecular weight excluding hydrogens is 396 g/mol. The third-order valence-corrected chi connectivity index (χ3v) is 5.63. The summed E-state index contributed by atoms with van der Waals surface area (Å²) in [7, 11) is 0. The summed E-state index contributed by atoms with van der Waals surface area (Å²) in [5.74, 6) is -3.78. The molecule has 8 heteroatoms. The number of thioether (sulfide) groups is 1. The van der Waals surface area contributed by atoms with E-state index in [1.165, 1.54) is 10.7 Å². The van der Waals surface area contributed by atoms with Crippen molar-refractivity contribution in [1.29, 1.82) is 0 Å². The van der Waals surface area contributed by atoms with Crippen LogP contribution in [0, 0.1) is 6.92 Å². The van der Waals surface area contributed by atoms with Crippen LogP contribution in [0.2, 0.25) is 0 Å². The van der Waals surface area contributed by atoms with E-state index in [4.69, 9.17) is 16.4 Å². The van der Waals surface area contributed by atoms with Gasteiger partial charge in [0.25, 0.3) is 0 Å². The van der Waals surface area contributed by atoms with E-state index in [0.29, 0.717) is 37.8 Å². The zero-order valence-corrected chi connectivity index (χ0v) is 17.1. The molecule has 2 aromatic rings. The van der Waals surface area contributed by atoms with Crippen molar-refractivity contribution >= 4 is 23.5 Å². The van der Waals surface area contributed by atoms with Crippen LogP contribution in [0.4, 0.5) is 5.82 Å². The Morgan fingerprint density at radius 1 is 1.20 bits per heavy atom. The van der Waals surface area contributed by atoms with Gasteiger partial charge < -0.3 is 15.1 Å². The molecule has 1 aromatic heterocycles. The van der Waals surface area contributed by atoms with E-state index in [1.54, 1.807) is 37.3 Å². The van der Waals surface area contributed by atoms with Crippen molar-refractivity contribution < 1.29 is 21.2 Å². The van der Waals surface area contributed by atoms with E-state index in [-0.39, 0.29) is 24.5 Å². The maximum Gasteiger partial charge on any atom is 0.240 e. The van der Waals surface area contributed by atoms with Gasteiger partial charge in [-0.15, -0.1) is 11.8 Å². The number of anilines is 1. The highest BCUT2D eigenvalue weighted by Gasteiger charge is 2.36. The van der Waals surface area contributed by atoms with Crippen LogP contribution in [-0.2, 0) is 4.79 Å². The molecule has 5 rings (SSSR count). The number of benzene rings is 1. The highest BCUT2D eigenvalue weighted by molar-refractivity contribution is 7.99. The molecule has 3 aliphatic heterocycles. The van der Waals surface area contributed by atoms with Gasteiger partial charge in [0.15, 0.2) is 0 Å². The summed E-state index contributed by atoms with van der Waals surface area (Å²) >= 11 is 0.622. The molecule has 0 radical (unpaired) electrons. The molecule has 3 saturated heterocycles. The number of nitrogens with zero attached hydrogens (tertiary/aromatic N) is 5. The van der Waals surface area contributed by atoms with Gasteiger partial charge in [-0.25, -0.2) is 4.68 Å². The lowest BCUT2D eigenvalue weighted by Gasteiger charge is -2.38. The van der Waals surface area contributed by atoms with Crippen molar-refractivity contribution in [3.8, 4) is 5.69 Å². The number of amides is 1. The predicted molar refractivity (Wildman–Crippen MR) is 121 cm³/mol. The Morgan fingerprint density at radius 2 is 2.00 bits per heavy atom. The number of para-hydroxylation sites is 1. The summed E-state index contributed by atoms with van der Waals surface area (Å²) in [5.41, 5.74) is 0.794. The third kappa shape index (κ3) is 3.96. The van der Waals surface area contributed by atoms with Crippen molar-refractivity contribution in [2.75, 3.05) is 55.5 Å². The molecule has 0 unspecified atom stereocenters. The second-order valence-electron chi connectivity index (χ2n) is 7.11. The minimum atomic E-state index is -3.18. The molecule has 1 amide bonds. The second kappa shape index (κ2) is 8.61. The average molecular weight is 439 g/mol. The smallest absolute Gasteiger partial charge is 0.240 e. The molecule has 2 atom stereocenters. The van der Waals surface area contributed by atoms with Crippen LogP contribution in [0.25, 0.3) is 5.69 Å². The number of hydrogen-bond donors (Lipinski definition) is 1. The number of aromatic nitrogens is 2. The lowest BCUT2D eigenvalue weighted by atomic mass is 10.1. The Bertz CT molecular complexity index is 1330. The van der Waals surface area contributed by atoms with E-state index in [2.05, 4.69) is 10.4 Å². The van der Waals surface area contributed by atoms with Crippen LogP contribution in [0.15, 0.2) is 36.4 Å². The van der Waals surface area contributed by atoms with Crippen LogP contribution in [0.3, 0.4) is 0 Å². The third-order valence-electron chi connectivity index (χ3n) is 5.05. The van der Waals surface area contributed by atoms with Gasteiger partial charge >= 0.3 is 0 Å².